The average molecular weight is 257 g/mol. The first-order valence-electron chi connectivity index (χ1n) is 5.66. The molecule has 0 radical (unpaired) electrons. The summed E-state index contributed by atoms with van der Waals surface area (Å²) in [5, 5.41) is 6.81. The van der Waals surface area contributed by atoms with Crippen LogP contribution in [0.3, 0.4) is 0 Å². The number of aromatic amines is 1. The van der Waals surface area contributed by atoms with Gasteiger partial charge in [-0.05, 0) is 6.92 Å². The quantitative estimate of drug-likeness (QED) is 0.692. The van der Waals surface area contributed by atoms with E-state index >= 15 is 0 Å². The van der Waals surface area contributed by atoms with Gasteiger partial charge in [0.25, 0.3) is 11.7 Å². The number of nitrogens with one attached hydrogen (secondary N) is 2. The smallest absolute Gasteiger partial charge is 0.255 e. The van der Waals surface area contributed by atoms with Crippen LogP contribution in [0, 0.1) is 6.92 Å². The third kappa shape index (κ3) is 2.03. The van der Waals surface area contributed by atoms with Crippen LogP contribution in [-0.2, 0) is 6.54 Å². The van der Waals surface area contributed by atoms with Crippen molar-refractivity contribution in [2.24, 2.45) is 0 Å². The maximum absolute atomic E-state index is 12.1. The maximum atomic E-state index is 12.1. The Bertz CT molecular complexity index is 716. The van der Waals surface area contributed by atoms with E-state index in [1.807, 2.05) is 0 Å². The van der Waals surface area contributed by atoms with Crippen LogP contribution in [0.1, 0.15) is 21.7 Å². The van der Waals surface area contributed by atoms with Crippen molar-refractivity contribution in [3.8, 4) is 0 Å². The molecule has 0 aliphatic carbocycles. The Balaban J connectivity index is 1.83. The van der Waals surface area contributed by atoms with Crippen LogP contribution >= 0.6 is 0 Å². The van der Waals surface area contributed by atoms with Gasteiger partial charge in [-0.2, -0.15) is 10.1 Å². The van der Waals surface area contributed by atoms with Crippen molar-refractivity contribution in [1.29, 1.82) is 0 Å². The van der Waals surface area contributed by atoms with Crippen LogP contribution in [0.5, 0.6) is 0 Å². The van der Waals surface area contributed by atoms with Crippen molar-refractivity contribution in [3.63, 3.8) is 0 Å². The highest BCUT2D eigenvalue weighted by atomic mass is 16.1. The Morgan fingerprint density at radius 1 is 1.42 bits per heavy atom. The molecule has 0 aromatic carbocycles. The van der Waals surface area contributed by atoms with Crippen molar-refractivity contribution in [2.45, 2.75) is 13.5 Å². The number of amides is 1. The summed E-state index contributed by atoms with van der Waals surface area (Å²) in [5.41, 5.74) is 2.00. The minimum Gasteiger partial charge on any atom is -0.347 e. The molecule has 0 saturated carbocycles. The van der Waals surface area contributed by atoms with E-state index in [9.17, 15) is 4.79 Å². The Morgan fingerprint density at radius 3 is 3.11 bits per heavy atom. The van der Waals surface area contributed by atoms with E-state index in [0.29, 0.717) is 23.6 Å². The van der Waals surface area contributed by atoms with E-state index in [4.69, 9.17) is 0 Å². The zero-order valence-corrected chi connectivity index (χ0v) is 10.2. The van der Waals surface area contributed by atoms with Gasteiger partial charge in [0.2, 0.25) is 0 Å². The first-order chi connectivity index (χ1) is 9.25. The first kappa shape index (κ1) is 11.3. The Labute approximate surface area is 107 Å². The number of nitrogens with zero attached hydrogens (tertiary/aromatic N) is 5. The highest BCUT2D eigenvalue weighted by Gasteiger charge is 2.13. The lowest BCUT2D eigenvalue weighted by Crippen LogP contribution is -2.25. The second-order valence-electron chi connectivity index (χ2n) is 3.99. The summed E-state index contributed by atoms with van der Waals surface area (Å²) in [6, 6.07) is 0. The molecule has 0 bridgehead atoms. The molecular weight excluding hydrogens is 246 g/mol. The molecule has 3 aromatic heterocycles. The molecule has 3 aromatic rings. The lowest BCUT2D eigenvalue weighted by molar-refractivity contribution is 0.0949. The molecule has 0 aliphatic rings. The summed E-state index contributed by atoms with van der Waals surface area (Å²) in [5.74, 6) is 0.264. The summed E-state index contributed by atoms with van der Waals surface area (Å²) in [7, 11) is 0. The topological polar surface area (TPSA) is 101 Å². The highest BCUT2D eigenvalue weighted by molar-refractivity contribution is 5.95. The molecule has 0 aliphatic heterocycles. The molecule has 2 N–H and O–H groups in total. The number of hydrogen-bond acceptors (Lipinski definition) is 5. The van der Waals surface area contributed by atoms with Crippen LogP contribution in [-0.4, -0.2) is 35.5 Å². The zero-order valence-electron chi connectivity index (χ0n) is 10.2. The van der Waals surface area contributed by atoms with Gasteiger partial charge in [0.05, 0.1) is 29.8 Å². The average Bonchev–Trinajstić information content (AvgIpc) is 3.07. The van der Waals surface area contributed by atoms with Gasteiger partial charge in [-0.1, -0.05) is 0 Å². The van der Waals surface area contributed by atoms with E-state index in [1.54, 1.807) is 19.4 Å². The first-order valence-corrected chi connectivity index (χ1v) is 5.66. The monoisotopic (exact) mass is 257 g/mol. The van der Waals surface area contributed by atoms with Gasteiger partial charge in [0, 0.05) is 12.4 Å². The third-order valence-corrected chi connectivity index (χ3v) is 2.79. The van der Waals surface area contributed by atoms with Gasteiger partial charge in [-0.15, -0.1) is 0 Å². The van der Waals surface area contributed by atoms with Gasteiger partial charge in [-0.25, -0.2) is 14.5 Å². The zero-order chi connectivity index (χ0) is 13.2. The van der Waals surface area contributed by atoms with Gasteiger partial charge < -0.3 is 10.3 Å². The molecule has 3 heterocycles. The molecule has 8 nitrogen and oxygen atoms in total. The SMILES string of the molecule is Cc1c(C(=O)NCc2cnc[nH]2)cnc2ncnn12. The molecule has 0 saturated heterocycles. The fraction of sp³-hybridized carbons (Fsp3) is 0.182. The molecule has 8 heteroatoms. The van der Waals surface area contributed by atoms with Crippen LogP contribution in [0.25, 0.3) is 5.78 Å². The Kier molecular flexibility index (Phi) is 2.67. The van der Waals surface area contributed by atoms with E-state index in [2.05, 4.69) is 30.4 Å². The molecule has 0 atom stereocenters. The van der Waals surface area contributed by atoms with Crippen molar-refractivity contribution in [3.05, 3.63) is 42.0 Å². The number of carbonyl (C=O) groups is 1. The largest absolute Gasteiger partial charge is 0.347 e. The fourth-order valence-corrected chi connectivity index (χ4v) is 1.76. The Morgan fingerprint density at radius 2 is 2.32 bits per heavy atom. The summed E-state index contributed by atoms with van der Waals surface area (Å²) in [6.45, 7) is 2.18. The van der Waals surface area contributed by atoms with Gasteiger partial charge in [-0.3, -0.25) is 4.79 Å². The Hall–Kier alpha value is -2.77. The minimum absolute atomic E-state index is 0.211. The maximum Gasteiger partial charge on any atom is 0.255 e. The summed E-state index contributed by atoms with van der Waals surface area (Å²) < 4.78 is 1.53. The van der Waals surface area contributed by atoms with Crippen LogP contribution < -0.4 is 5.32 Å². The standard InChI is InChI=1S/C11H11N7O/c1-7-9(4-14-11-16-6-17-18(7)11)10(19)13-3-8-2-12-5-15-8/h2,4-6H,3H2,1H3,(H,12,15)(H,13,19). The molecule has 1 amide bonds. The lowest BCUT2D eigenvalue weighted by atomic mass is 10.2. The summed E-state index contributed by atoms with van der Waals surface area (Å²) >= 11 is 0. The van der Waals surface area contributed by atoms with E-state index in [-0.39, 0.29) is 5.91 Å². The van der Waals surface area contributed by atoms with Gasteiger partial charge in [0.15, 0.2) is 0 Å². The van der Waals surface area contributed by atoms with Crippen LogP contribution in [0.15, 0.2) is 25.0 Å². The minimum atomic E-state index is -0.211. The number of aryl methyl sites for hydroxylation is 1. The second kappa shape index (κ2) is 4.48. The van der Waals surface area contributed by atoms with Crippen LogP contribution in [0.4, 0.5) is 0 Å². The molecule has 0 spiro atoms. The number of rotatable bonds is 3. The predicted octanol–water partition coefficient (Wildman–Crippen LogP) is 0.0858. The lowest BCUT2D eigenvalue weighted by Gasteiger charge is -2.07. The summed E-state index contributed by atoms with van der Waals surface area (Å²) in [6.07, 6.45) is 6.13. The fourth-order valence-electron chi connectivity index (χ4n) is 1.76. The van der Waals surface area contributed by atoms with E-state index in [1.165, 1.54) is 17.0 Å². The second-order valence-corrected chi connectivity index (χ2v) is 3.99. The molecular formula is C11H11N7O. The molecule has 0 unspecified atom stereocenters. The number of carbonyl (C=O) groups excluding carboxylic acids is 1. The van der Waals surface area contributed by atoms with Crippen molar-refractivity contribution >= 4 is 11.7 Å². The third-order valence-electron chi connectivity index (χ3n) is 2.79. The van der Waals surface area contributed by atoms with Crippen LogP contribution in [0.2, 0.25) is 0 Å². The van der Waals surface area contributed by atoms with E-state index in [0.717, 1.165) is 5.69 Å². The highest BCUT2D eigenvalue weighted by Crippen LogP contribution is 2.07. The predicted molar refractivity (Wildman–Crippen MR) is 65.3 cm³/mol. The molecule has 96 valence electrons. The van der Waals surface area contributed by atoms with E-state index < -0.39 is 0 Å². The molecule has 3 rings (SSSR count). The summed E-state index contributed by atoms with van der Waals surface area (Å²) in [4.78, 5) is 26.9. The van der Waals surface area contributed by atoms with Crippen molar-refractivity contribution in [2.75, 3.05) is 0 Å². The normalized spacial score (nSPS) is 10.8. The number of imidazole rings is 1. The number of H-pyrrole nitrogens is 1. The van der Waals surface area contributed by atoms with Crippen molar-refractivity contribution in [1.82, 2.24) is 34.9 Å². The van der Waals surface area contributed by atoms with Crippen molar-refractivity contribution < 1.29 is 4.79 Å². The number of fused-ring (bicyclic) bond motifs is 1. The molecule has 19 heavy (non-hydrogen) atoms. The number of aromatic nitrogens is 6. The number of hydrogen-bond donors (Lipinski definition) is 2. The van der Waals surface area contributed by atoms with Gasteiger partial charge in [0.1, 0.15) is 6.33 Å². The van der Waals surface area contributed by atoms with Gasteiger partial charge >= 0.3 is 0 Å². The molecule has 0 fully saturated rings.